The summed E-state index contributed by atoms with van der Waals surface area (Å²) in [5.41, 5.74) is 0. The van der Waals surface area contributed by atoms with E-state index in [1.54, 1.807) is 12.2 Å². The fraction of sp³-hybridized carbons (Fsp3) is 0.625. The van der Waals surface area contributed by atoms with E-state index in [0.29, 0.717) is 6.42 Å². The molecule has 0 bridgehead atoms. The van der Waals surface area contributed by atoms with Crippen molar-refractivity contribution in [1.82, 2.24) is 0 Å². The summed E-state index contributed by atoms with van der Waals surface area (Å²) in [6.45, 7) is 1.86. The van der Waals surface area contributed by atoms with Gasteiger partial charge in [0.25, 0.3) is 0 Å². The van der Waals surface area contributed by atoms with E-state index in [1.165, 1.54) is 0 Å². The van der Waals surface area contributed by atoms with Gasteiger partial charge in [0.05, 0.1) is 5.92 Å². The Kier molecular flexibility index (Phi) is 5.47. The highest BCUT2D eigenvalue weighted by Gasteiger charge is 2.11. The first kappa shape index (κ1) is 10.2. The third-order valence-electron chi connectivity index (χ3n) is 1.36. The van der Waals surface area contributed by atoms with Gasteiger partial charge in [-0.2, -0.15) is 0 Å². The molecule has 3 heteroatoms. The van der Waals surface area contributed by atoms with Crippen molar-refractivity contribution in [2.45, 2.75) is 19.8 Å². The molecule has 0 aliphatic carbocycles. The summed E-state index contributed by atoms with van der Waals surface area (Å²) < 4.78 is 0. The number of aliphatic carboxylic acids is 1. The summed E-state index contributed by atoms with van der Waals surface area (Å²) in [5.74, 6) is -1.40. The van der Waals surface area contributed by atoms with Crippen molar-refractivity contribution in [3.05, 3.63) is 12.2 Å². The third kappa shape index (κ3) is 4.56. The monoisotopic (exact) mass is 158 g/mol. The zero-order valence-electron chi connectivity index (χ0n) is 6.66. The van der Waals surface area contributed by atoms with Gasteiger partial charge in [0.15, 0.2) is 0 Å². The molecule has 0 rings (SSSR count). The van der Waals surface area contributed by atoms with Crippen molar-refractivity contribution in [3.63, 3.8) is 0 Å². The number of allylic oxidation sites excluding steroid dienone is 1. The van der Waals surface area contributed by atoms with E-state index in [0.717, 1.165) is 6.42 Å². The number of rotatable bonds is 5. The largest absolute Gasteiger partial charge is 0.481 e. The van der Waals surface area contributed by atoms with Gasteiger partial charge in [-0.15, -0.1) is 0 Å². The zero-order chi connectivity index (χ0) is 8.69. The second kappa shape index (κ2) is 5.92. The second-order valence-electron chi connectivity index (χ2n) is 2.29. The fourth-order valence-corrected chi connectivity index (χ4v) is 0.741. The Hall–Kier alpha value is -0.830. The molecule has 0 fully saturated rings. The molecule has 11 heavy (non-hydrogen) atoms. The van der Waals surface area contributed by atoms with E-state index in [-0.39, 0.29) is 6.61 Å². The molecule has 1 atom stereocenters. The fourth-order valence-electron chi connectivity index (χ4n) is 0.741. The molecule has 0 amide bonds. The molecule has 0 aromatic carbocycles. The van der Waals surface area contributed by atoms with E-state index in [4.69, 9.17) is 10.2 Å². The molecule has 0 spiro atoms. The van der Waals surface area contributed by atoms with Crippen molar-refractivity contribution in [2.75, 3.05) is 6.61 Å². The van der Waals surface area contributed by atoms with Crippen molar-refractivity contribution in [1.29, 1.82) is 0 Å². The predicted octanol–water partition coefficient (Wildman–Crippen LogP) is 1.04. The van der Waals surface area contributed by atoms with Crippen LogP contribution in [0.3, 0.4) is 0 Å². The first-order valence-corrected chi connectivity index (χ1v) is 3.72. The predicted molar refractivity (Wildman–Crippen MR) is 42.3 cm³/mol. The van der Waals surface area contributed by atoms with Gasteiger partial charge in [0.2, 0.25) is 0 Å². The summed E-state index contributed by atoms with van der Waals surface area (Å²) in [4.78, 5) is 10.4. The molecular weight excluding hydrogens is 144 g/mol. The van der Waals surface area contributed by atoms with Gasteiger partial charge in [-0.3, -0.25) is 4.79 Å². The highest BCUT2D eigenvalue weighted by molar-refractivity contribution is 5.72. The second-order valence-corrected chi connectivity index (χ2v) is 2.29. The number of hydrogen-bond donors (Lipinski definition) is 2. The van der Waals surface area contributed by atoms with Crippen LogP contribution in [0.2, 0.25) is 0 Å². The van der Waals surface area contributed by atoms with Gasteiger partial charge in [-0.25, -0.2) is 0 Å². The maximum absolute atomic E-state index is 10.4. The Balaban J connectivity index is 3.88. The summed E-state index contributed by atoms with van der Waals surface area (Å²) >= 11 is 0. The Morgan fingerprint density at radius 1 is 1.64 bits per heavy atom. The molecule has 0 heterocycles. The maximum Gasteiger partial charge on any atom is 0.310 e. The quantitative estimate of drug-likeness (QED) is 0.588. The SMILES string of the molecule is CCC=CC(CCO)C(=O)O. The van der Waals surface area contributed by atoms with Gasteiger partial charge >= 0.3 is 5.97 Å². The average Bonchev–Trinajstić information content (AvgIpc) is 1.97. The van der Waals surface area contributed by atoms with Crippen LogP contribution in [0.15, 0.2) is 12.2 Å². The minimum absolute atomic E-state index is 0.0784. The van der Waals surface area contributed by atoms with Crippen LogP contribution in [0.5, 0.6) is 0 Å². The summed E-state index contributed by atoms with van der Waals surface area (Å²) in [6.07, 6.45) is 4.55. The highest BCUT2D eigenvalue weighted by Crippen LogP contribution is 2.04. The van der Waals surface area contributed by atoms with E-state index in [1.807, 2.05) is 6.92 Å². The van der Waals surface area contributed by atoms with Crippen LogP contribution in [0.1, 0.15) is 19.8 Å². The zero-order valence-corrected chi connectivity index (χ0v) is 6.66. The first-order valence-electron chi connectivity index (χ1n) is 3.72. The smallest absolute Gasteiger partial charge is 0.310 e. The van der Waals surface area contributed by atoms with Crippen LogP contribution in [0.4, 0.5) is 0 Å². The van der Waals surface area contributed by atoms with E-state index >= 15 is 0 Å². The van der Waals surface area contributed by atoms with Crippen molar-refractivity contribution >= 4 is 5.97 Å². The molecule has 0 aliphatic heterocycles. The van der Waals surface area contributed by atoms with Gasteiger partial charge in [0, 0.05) is 6.61 Å². The van der Waals surface area contributed by atoms with E-state index < -0.39 is 11.9 Å². The lowest BCUT2D eigenvalue weighted by molar-refractivity contribution is -0.140. The molecule has 0 aromatic rings. The van der Waals surface area contributed by atoms with Gasteiger partial charge in [-0.1, -0.05) is 19.1 Å². The van der Waals surface area contributed by atoms with E-state index in [2.05, 4.69) is 0 Å². The number of aliphatic hydroxyl groups excluding tert-OH is 1. The lowest BCUT2D eigenvalue weighted by atomic mass is 10.1. The standard InChI is InChI=1S/C8H14O3/c1-2-3-4-7(5-6-9)8(10)11/h3-4,7,9H,2,5-6H2,1H3,(H,10,11). The van der Waals surface area contributed by atoms with Crippen LogP contribution >= 0.6 is 0 Å². The van der Waals surface area contributed by atoms with Crippen LogP contribution in [-0.4, -0.2) is 22.8 Å². The molecule has 0 radical (unpaired) electrons. The van der Waals surface area contributed by atoms with Crippen LogP contribution in [-0.2, 0) is 4.79 Å². The molecule has 64 valence electrons. The summed E-state index contributed by atoms with van der Waals surface area (Å²) in [6, 6.07) is 0. The first-order chi connectivity index (χ1) is 5.22. The lowest BCUT2D eigenvalue weighted by Crippen LogP contribution is -2.12. The highest BCUT2D eigenvalue weighted by atomic mass is 16.4. The lowest BCUT2D eigenvalue weighted by Gasteiger charge is -2.03. The summed E-state index contributed by atoms with van der Waals surface area (Å²) in [7, 11) is 0. The number of hydrogen-bond acceptors (Lipinski definition) is 2. The Morgan fingerprint density at radius 3 is 2.64 bits per heavy atom. The van der Waals surface area contributed by atoms with Gasteiger partial charge in [0.1, 0.15) is 0 Å². The van der Waals surface area contributed by atoms with Gasteiger partial charge < -0.3 is 10.2 Å². The van der Waals surface area contributed by atoms with Crippen molar-refractivity contribution in [2.24, 2.45) is 5.92 Å². The number of aliphatic hydroxyl groups is 1. The number of carboxylic acid groups (broad SMARTS) is 1. The molecule has 3 nitrogen and oxygen atoms in total. The molecule has 1 unspecified atom stereocenters. The molecule has 0 saturated heterocycles. The minimum Gasteiger partial charge on any atom is -0.481 e. The Bertz CT molecular complexity index is 140. The molecule has 0 aliphatic rings. The average molecular weight is 158 g/mol. The minimum atomic E-state index is -0.872. The van der Waals surface area contributed by atoms with Crippen molar-refractivity contribution in [3.8, 4) is 0 Å². The molecule has 0 aromatic heterocycles. The third-order valence-corrected chi connectivity index (χ3v) is 1.36. The normalized spacial score (nSPS) is 13.6. The van der Waals surface area contributed by atoms with E-state index in [9.17, 15) is 4.79 Å². The Morgan fingerprint density at radius 2 is 2.27 bits per heavy atom. The molecule has 2 N–H and O–H groups in total. The molecular formula is C8H14O3. The van der Waals surface area contributed by atoms with Crippen LogP contribution in [0.25, 0.3) is 0 Å². The Labute approximate surface area is 66.4 Å². The molecule has 0 saturated carbocycles. The van der Waals surface area contributed by atoms with Crippen molar-refractivity contribution < 1.29 is 15.0 Å². The van der Waals surface area contributed by atoms with Crippen LogP contribution in [0, 0.1) is 5.92 Å². The number of carbonyl (C=O) groups is 1. The number of carboxylic acids is 1. The van der Waals surface area contributed by atoms with Gasteiger partial charge in [-0.05, 0) is 12.8 Å². The topological polar surface area (TPSA) is 57.5 Å². The summed E-state index contributed by atoms with van der Waals surface area (Å²) in [5, 5.41) is 17.1. The maximum atomic E-state index is 10.4. The van der Waals surface area contributed by atoms with Crippen LogP contribution < -0.4 is 0 Å².